The normalized spacial score (nSPS) is 23.5. The Morgan fingerprint density at radius 1 is 1.12 bits per heavy atom. The van der Waals surface area contributed by atoms with E-state index in [1.54, 1.807) is 0 Å². The minimum atomic E-state index is 0.0395. The van der Waals surface area contributed by atoms with Gasteiger partial charge in [-0.3, -0.25) is 9.69 Å². The minimum Gasteiger partial charge on any atom is -0.339 e. The van der Waals surface area contributed by atoms with Gasteiger partial charge in [0.25, 0.3) is 0 Å². The first kappa shape index (κ1) is 16.8. The van der Waals surface area contributed by atoms with Gasteiger partial charge in [0.1, 0.15) is 0 Å². The summed E-state index contributed by atoms with van der Waals surface area (Å²) in [6.45, 7) is 5.38. The third-order valence-electron chi connectivity index (χ3n) is 6.09. The Hall–Kier alpha value is -1.65. The summed E-state index contributed by atoms with van der Waals surface area (Å²) in [5.74, 6) is 0.339. The van der Waals surface area contributed by atoms with Crippen molar-refractivity contribution in [3.05, 3.63) is 57.8 Å². The molecular formula is C21H26N2OS. The lowest BCUT2D eigenvalue weighted by molar-refractivity contribution is -0.131. The summed E-state index contributed by atoms with van der Waals surface area (Å²) < 4.78 is 0. The van der Waals surface area contributed by atoms with Crippen LogP contribution in [0.4, 0.5) is 0 Å². The number of aryl methyl sites for hydroxylation is 1. The van der Waals surface area contributed by atoms with Crippen LogP contribution >= 0.6 is 11.3 Å². The Morgan fingerprint density at radius 3 is 2.48 bits per heavy atom. The van der Waals surface area contributed by atoms with Crippen molar-refractivity contribution >= 4 is 17.2 Å². The molecular weight excluding hydrogens is 328 g/mol. The summed E-state index contributed by atoms with van der Waals surface area (Å²) in [6.07, 6.45) is 3.14. The number of hydrogen-bond acceptors (Lipinski definition) is 3. The number of carbonyl (C=O) groups excluding carboxylic acids is 1. The Kier molecular flexibility index (Phi) is 4.42. The van der Waals surface area contributed by atoms with Crippen molar-refractivity contribution < 1.29 is 4.79 Å². The second kappa shape index (κ2) is 6.58. The molecule has 25 heavy (non-hydrogen) atoms. The van der Waals surface area contributed by atoms with Gasteiger partial charge < -0.3 is 4.90 Å². The van der Waals surface area contributed by atoms with Gasteiger partial charge in [-0.15, -0.1) is 11.3 Å². The minimum absolute atomic E-state index is 0.0395. The molecule has 3 nitrogen and oxygen atoms in total. The zero-order chi connectivity index (χ0) is 17.4. The molecule has 1 aromatic heterocycles. The van der Waals surface area contributed by atoms with Crippen molar-refractivity contribution in [3.63, 3.8) is 0 Å². The summed E-state index contributed by atoms with van der Waals surface area (Å²) >= 11 is 1.90. The molecule has 2 aliphatic heterocycles. The van der Waals surface area contributed by atoms with Crippen LogP contribution in [0.25, 0.3) is 0 Å². The van der Waals surface area contributed by atoms with Crippen molar-refractivity contribution in [1.82, 2.24) is 9.80 Å². The Bertz CT molecular complexity index is 746. The molecule has 1 aromatic carbocycles. The van der Waals surface area contributed by atoms with Crippen LogP contribution in [0.3, 0.4) is 0 Å². The predicted molar refractivity (Wildman–Crippen MR) is 103 cm³/mol. The molecule has 0 N–H and O–H groups in total. The topological polar surface area (TPSA) is 23.6 Å². The lowest BCUT2D eigenvalue weighted by atomic mass is 9.81. The van der Waals surface area contributed by atoms with Gasteiger partial charge in [-0.1, -0.05) is 30.3 Å². The number of likely N-dealkylation sites (tertiary alicyclic amines) is 2. The van der Waals surface area contributed by atoms with Crippen molar-refractivity contribution in [2.45, 2.75) is 44.2 Å². The van der Waals surface area contributed by atoms with Gasteiger partial charge in [-0.2, -0.15) is 0 Å². The summed E-state index contributed by atoms with van der Waals surface area (Å²) in [5.41, 5.74) is 1.23. The van der Waals surface area contributed by atoms with Gasteiger partial charge in [0.05, 0.1) is 5.92 Å². The van der Waals surface area contributed by atoms with Crippen LogP contribution in [0.2, 0.25) is 0 Å². The second-order valence-electron chi connectivity index (χ2n) is 7.58. The van der Waals surface area contributed by atoms with Crippen LogP contribution in [0.5, 0.6) is 0 Å². The highest BCUT2D eigenvalue weighted by atomic mass is 32.1. The number of likely N-dealkylation sites (N-methyl/N-ethyl adjacent to an activating group) is 1. The highest BCUT2D eigenvalue weighted by Gasteiger charge is 2.50. The van der Waals surface area contributed by atoms with E-state index in [9.17, 15) is 4.79 Å². The van der Waals surface area contributed by atoms with Crippen LogP contribution < -0.4 is 0 Å². The molecule has 2 fully saturated rings. The monoisotopic (exact) mass is 354 g/mol. The van der Waals surface area contributed by atoms with E-state index in [0.29, 0.717) is 5.91 Å². The third-order valence-corrected chi connectivity index (χ3v) is 7.07. The predicted octanol–water partition coefficient (Wildman–Crippen LogP) is 4.04. The highest BCUT2D eigenvalue weighted by molar-refractivity contribution is 7.11. The van der Waals surface area contributed by atoms with E-state index >= 15 is 0 Å². The average molecular weight is 355 g/mol. The molecule has 0 saturated carbocycles. The number of amides is 1. The molecule has 2 saturated heterocycles. The molecule has 132 valence electrons. The van der Waals surface area contributed by atoms with E-state index in [-0.39, 0.29) is 11.5 Å². The van der Waals surface area contributed by atoms with E-state index in [1.165, 1.54) is 15.3 Å². The van der Waals surface area contributed by atoms with Gasteiger partial charge in [0, 0.05) is 42.0 Å². The smallest absolute Gasteiger partial charge is 0.230 e. The van der Waals surface area contributed by atoms with Crippen LogP contribution in [0.15, 0.2) is 42.5 Å². The zero-order valence-electron chi connectivity index (χ0n) is 15.1. The average Bonchev–Trinajstić information content (AvgIpc) is 3.15. The fourth-order valence-electron chi connectivity index (χ4n) is 4.47. The Labute approximate surface area is 154 Å². The maximum Gasteiger partial charge on any atom is 0.230 e. The summed E-state index contributed by atoms with van der Waals surface area (Å²) in [6, 6.07) is 14.8. The van der Waals surface area contributed by atoms with Crippen molar-refractivity contribution in [2.24, 2.45) is 0 Å². The molecule has 0 unspecified atom stereocenters. The van der Waals surface area contributed by atoms with Crippen LogP contribution in [0.1, 0.15) is 40.5 Å². The quantitative estimate of drug-likeness (QED) is 0.831. The van der Waals surface area contributed by atoms with E-state index in [1.807, 2.05) is 36.6 Å². The van der Waals surface area contributed by atoms with Gasteiger partial charge in [0.2, 0.25) is 5.91 Å². The number of rotatable bonds is 3. The standard InChI is InChI=1S/C21H26N2OS/c1-16-8-9-18(25-16)15-23-12-10-21(11-13-23)14-19(20(24)22(21)2)17-6-4-3-5-7-17/h3-9,19H,10-15H2,1-2H3/t19-/m1/s1. The number of benzene rings is 1. The van der Waals surface area contributed by atoms with Crippen molar-refractivity contribution in [2.75, 3.05) is 20.1 Å². The lowest BCUT2D eigenvalue weighted by Crippen LogP contribution is -2.51. The Balaban J connectivity index is 1.44. The second-order valence-corrected chi connectivity index (χ2v) is 8.95. The Morgan fingerprint density at radius 2 is 1.84 bits per heavy atom. The maximum atomic E-state index is 12.9. The first-order valence-electron chi connectivity index (χ1n) is 9.18. The van der Waals surface area contributed by atoms with E-state index < -0.39 is 0 Å². The van der Waals surface area contributed by atoms with Crippen LogP contribution in [-0.2, 0) is 11.3 Å². The fourth-order valence-corrected chi connectivity index (χ4v) is 5.41. The summed E-state index contributed by atoms with van der Waals surface area (Å²) in [5, 5.41) is 0. The van der Waals surface area contributed by atoms with E-state index in [0.717, 1.165) is 38.9 Å². The first-order chi connectivity index (χ1) is 12.1. The molecule has 2 aromatic rings. The number of carbonyl (C=O) groups is 1. The molecule has 1 amide bonds. The van der Waals surface area contributed by atoms with Gasteiger partial charge >= 0.3 is 0 Å². The van der Waals surface area contributed by atoms with E-state index in [4.69, 9.17) is 0 Å². The fraction of sp³-hybridized carbons (Fsp3) is 0.476. The van der Waals surface area contributed by atoms with Gasteiger partial charge in [-0.25, -0.2) is 0 Å². The molecule has 0 bridgehead atoms. The summed E-state index contributed by atoms with van der Waals surface area (Å²) in [7, 11) is 2.02. The van der Waals surface area contributed by atoms with Crippen molar-refractivity contribution in [3.8, 4) is 0 Å². The third kappa shape index (κ3) is 3.13. The molecule has 1 atom stereocenters. The van der Waals surface area contributed by atoms with Crippen LogP contribution in [0, 0.1) is 6.92 Å². The maximum absolute atomic E-state index is 12.9. The van der Waals surface area contributed by atoms with Gasteiger partial charge in [0.15, 0.2) is 0 Å². The largest absolute Gasteiger partial charge is 0.339 e. The molecule has 1 spiro atoms. The molecule has 4 rings (SSSR count). The number of piperidine rings is 1. The number of thiophene rings is 1. The molecule has 2 aliphatic rings. The number of hydrogen-bond donors (Lipinski definition) is 0. The molecule has 4 heteroatoms. The van der Waals surface area contributed by atoms with Crippen molar-refractivity contribution in [1.29, 1.82) is 0 Å². The SMILES string of the molecule is Cc1ccc(CN2CCC3(CC2)C[C@H](c2ccccc2)C(=O)N3C)s1. The van der Waals surface area contributed by atoms with E-state index in [2.05, 4.69) is 41.0 Å². The number of nitrogens with zero attached hydrogens (tertiary/aromatic N) is 2. The van der Waals surface area contributed by atoms with Gasteiger partial charge in [-0.05, 0) is 43.9 Å². The lowest BCUT2D eigenvalue weighted by Gasteiger charge is -2.43. The molecule has 0 aliphatic carbocycles. The highest BCUT2D eigenvalue weighted by Crippen LogP contribution is 2.45. The molecule has 0 radical (unpaired) electrons. The zero-order valence-corrected chi connectivity index (χ0v) is 15.9. The summed E-state index contributed by atoms with van der Waals surface area (Å²) in [4.78, 5) is 20.3. The first-order valence-corrected chi connectivity index (χ1v) is 9.99. The molecule has 3 heterocycles. The van der Waals surface area contributed by atoms with Crippen LogP contribution in [-0.4, -0.2) is 41.4 Å².